The van der Waals surface area contributed by atoms with Crippen molar-refractivity contribution in [2.45, 2.75) is 49.0 Å². The number of hydrogen-bond acceptors (Lipinski definition) is 22. The van der Waals surface area contributed by atoms with Crippen molar-refractivity contribution < 1.29 is 89.7 Å². The van der Waals surface area contributed by atoms with Crippen LogP contribution in [0, 0.1) is 0 Å². The third kappa shape index (κ3) is 9.12. The van der Waals surface area contributed by atoms with Gasteiger partial charge in [0, 0.05) is 11.8 Å². The molecule has 51 heavy (non-hydrogen) atoms. The minimum Gasteiger partial charge on any atom is -0.387 e. The molecule has 3 aromatic rings. The average molecular weight is 812 g/mol. The van der Waals surface area contributed by atoms with E-state index in [0.29, 0.717) is 0 Å². The van der Waals surface area contributed by atoms with Gasteiger partial charge in [0.05, 0.1) is 19.5 Å². The van der Waals surface area contributed by atoms with Crippen LogP contribution in [0.25, 0.3) is 11.2 Å². The van der Waals surface area contributed by atoms with Gasteiger partial charge in [0.15, 0.2) is 17.7 Å². The van der Waals surface area contributed by atoms with Crippen LogP contribution in [0.1, 0.15) is 17.9 Å². The number of phosphoric ester groups is 2. The van der Waals surface area contributed by atoms with E-state index in [1.165, 1.54) is 0 Å². The van der Waals surface area contributed by atoms with E-state index in [-0.39, 0.29) is 28.4 Å². The van der Waals surface area contributed by atoms with Gasteiger partial charge in [0.25, 0.3) is 0 Å². The fraction of sp³-hybridized carbons (Fsp3) is 0.526. The van der Waals surface area contributed by atoms with E-state index in [1.54, 1.807) is 0 Å². The first-order chi connectivity index (χ1) is 23.6. The second-order valence-electron chi connectivity index (χ2n) is 10.5. The van der Waals surface area contributed by atoms with Crippen LogP contribution >= 0.6 is 31.3 Å². The van der Waals surface area contributed by atoms with Gasteiger partial charge in [-0.25, -0.2) is 43.0 Å². The number of aromatic amines is 1. The number of rotatable bonds is 14. The first-order valence-corrected chi connectivity index (χ1v) is 19.6. The zero-order valence-corrected chi connectivity index (χ0v) is 28.5. The lowest BCUT2D eigenvalue weighted by molar-refractivity contribution is -0.0503. The fourth-order valence-electron chi connectivity index (χ4n) is 4.74. The van der Waals surface area contributed by atoms with Crippen LogP contribution in [-0.4, -0.2) is 119 Å². The average Bonchev–Trinajstić information content (AvgIpc) is 3.64. The van der Waals surface area contributed by atoms with Gasteiger partial charge in [-0.05, 0) is 0 Å². The Hall–Kier alpha value is -2.65. The highest BCUT2D eigenvalue weighted by Gasteiger charge is 2.50. The Morgan fingerprint density at radius 2 is 1.31 bits per heavy atom. The predicted molar refractivity (Wildman–Crippen MR) is 159 cm³/mol. The number of hydrogen-bond donors (Lipinski definition) is 11. The van der Waals surface area contributed by atoms with Crippen LogP contribution in [0.5, 0.6) is 0 Å². The van der Waals surface area contributed by atoms with Gasteiger partial charge in [-0.2, -0.15) is 12.9 Å². The summed E-state index contributed by atoms with van der Waals surface area (Å²) in [6, 6.07) is 0. The van der Waals surface area contributed by atoms with Crippen molar-refractivity contribution in [1.29, 1.82) is 0 Å². The molecule has 2 aliphatic heterocycles. The Morgan fingerprint density at radius 3 is 1.90 bits per heavy atom. The topological polar surface area (TPSA) is 436 Å². The number of fused-ring (bicyclic) bond motifs is 1. The molecule has 28 nitrogen and oxygen atoms in total. The molecule has 4 unspecified atom stereocenters. The maximum atomic E-state index is 12.4. The quantitative estimate of drug-likeness (QED) is 0.0724. The zero-order chi connectivity index (χ0) is 37.7. The summed E-state index contributed by atoms with van der Waals surface area (Å²) in [4.78, 5) is 67.9. The molecular formula is C19H28N8O20P4. The van der Waals surface area contributed by atoms with Crippen LogP contribution in [0.15, 0.2) is 23.6 Å². The normalized spacial score (nSPS) is 31.5. The second-order valence-corrected chi connectivity index (χ2v) is 16.7. The van der Waals surface area contributed by atoms with Crippen LogP contribution < -0.4 is 17.2 Å². The summed E-state index contributed by atoms with van der Waals surface area (Å²) in [6.07, 6.45) is -10.1. The lowest BCUT2D eigenvalue weighted by Crippen LogP contribution is -2.33. The van der Waals surface area contributed by atoms with Gasteiger partial charge in [-0.1, -0.05) is 0 Å². The lowest BCUT2D eigenvalue weighted by Gasteiger charge is -2.21. The number of phosphoric acid groups is 4. The van der Waals surface area contributed by atoms with Crippen molar-refractivity contribution in [3.05, 3.63) is 34.9 Å². The Bertz CT molecular complexity index is 2020. The first kappa shape index (κ1) is 39.6. The summed E-state index contributed by atoms with van der Waals surface area (Å²) >= 11 is 0. The van der Waals surface area contributed by atoms with Crippen LogP contribution in [0.2, 0.25) is 0 Å². The number of aliphatic hydroxyl groups is 4. The minimum atomic E-state index is -6.20. The number of ether oxygens (including phenoxy) is 2. The first-order valence-electron chi connectivity index (χ1n) is 13.6. The van der Waals surface area contributed by atoms with Crippen molar-refractivity contribution in [2.24, 2.45) is 0 Å². The smallest absolute Gasteiger partial charge is 0.387 e. The molecule has 284 valence electrons. The molecular weight excluding hydrogens is 784 g/mol. The van der Waals surface area contributed by atoms with Crippen molar-refractivity contribution in [1.82, 2.24) is 29.5 Å². The molecule has 0 saturated carbocycles. The summed E-state index contributed by atoms with van der Waals surface area (Å²) in [5, 5.41) is 41.4. The summed E-state index contributed by atoms with van der Waals surface area (Å²) in [5.74, 6) is -0.316. The Kier molecular flexibility index (Phi) is 11.4. The molecule has 0 aromatic carbocycles. The van der Waals surface area contributed by atoms with Gasteiger partial charge >= 0.3 is 37.0 Å². The van der Waals surface area contributed by atoms with E-state index >= 15 is 0 Å². The zero-order valence-electron chi connectivity index (χ0n) is 24.9. The molecule has 2 aliphatic rings. The van der Waals surface area contributed by atoms with Crippen LogP contribution in [0.4, 0.5) is 11.6 Å². The van der Waals surface area contributed by atoms with Crippen molar-refractivity contribution >= 4 is 54.1 Å². The summed E-state index contributed by atoms with van der Waals surface area (Å²) < 4.78 is 81.6. The van der Waals surface area contributed by atoms with Gasteiger partial charge in [-0.15, -0.1) is 0 Å². The van der Waals surface area contributed by atoms with Crippen molar-refractivity contribution in [3.63, 3.8) is 0 Å². The van der Waals surface area contributed by atoms with E-state index < -0.39 is 99.1 Å². The standard InChI is InChI=1S/C19H28N8O20P4/c20-15-6(1-22-19(32)26-15)14-12(30)10(28)7(43-14)2-41-48(33,34)45-50(37,38)47-51(39,40)46-49(35,36)42-3-8-11(29)13(31)18(44-8)27-5-25-9-16(21)23-4-24-17(9)27/h1,4-5,7-8,10-14,18,28-31H,2-3H2,(H,33,34)(H,35,36)(H,37,38)(H,39,40)(H2,21,23,24)(H3,20,22,26,32)/t7-,8-,10-,11-,12-,13-,14-,18+/m1/s1. The van der Waals surface area contributed by atoms with Crippen LogP contribution in [-0.2, 0) is 49.7 Å². The highest BCUT2D eigenvalue weighted by Crippen LogP contribution is 2.71. The fourth-order valence-corrected chi connectivity index (χ4v) is 9.70. The number of aliphatic hydroxyl groups excluding tert-OH is 4. The summed E-state index contributed by atoms with van der Waals surface area (Å²) in [5.41, 5.74) is 10.6. The van der Waals surface area contributed by atoms with Crippen LogP contribution in [0.3, 0.4) is 0 Å². The molecule has 5 rings (SSSR count). The summed E-state index contributed by atoms with van der Waals surface area (Å²) in [6.45, 7) is -2.26. The Labute approximate surface area is 282 Å². The molecule has 3 aromatic heterocycles. The second kappa shape index (κ2) is 14.6. The minimum absolute atomic E-state index is 0.0186. The van der Waals surface area contributed by atoms with E-state index in [0.717, 1.165) is 23.4 Å². The number of nitrogens with two attached hydrogens (primary N) is 2. The number of H-pyrrole nitrogens is 1. The molecule has 13 N–H and O–H groups in total. The van der Waals surface area contributed by atoms with Gasteiger partial charge in [0.2, 0.25) is 0 Å². The third-order valence-electron chi connectivity index (χ3n) is 6.96. The lowest BCUT2D eigenvalue weighted by atomic mass is 10.0. The predicted octanol–water partition coefficient (Wildman–Crippen LogP) is -2.96. The molecule has 0 radical (unpaired) electrons. The van der Waals surface area contributed by atoms with E-state index in [2.05, 4.69) is 46.9 Å². The number of nitrogens with one attached hydrogen (secondary N) is 1. The number of imidazole rings is 1. The molecule has 2 fully saturated rings. The Morgan fingerprint density at radius 1 is 0.765 bits per heavy atom. The molecule has 0 aliphatic carbocycles. The maximum Gasteiger partial charge on any atom is 0.490 e. The molecule has 0 amide bonds. The van der Waals surface area contributed by atoms with Gasteiger partial charge in [-0.3, -0.25) is 18.6 Å². The molecule has 2 saturated heterocycles. The number of nitrogens with zero attached hydrogens (tertiary/aromatic N) is 5. The maximum absolute atomic E-state index is 12.4. The SMILES string of the molecule is Nc1[nH]c(=O)ncc1[C@H]1O[C@H](COP(=O)(O)OP(=O)(O)OP(=O)(O)OP(=O)(O)OC[C@H]2O[C@H](n3cnc4c(N)ncnc43)[C@H](O)[C@@H]2O)[C@@H](O)[C@H]1O. The van der Waals surface area contributed by atoms with Gasteiger partial charge in [0.1, 0.15) is 60.4 Å². The van der Waals surface area contributed by atoms with E-state index in [1.807, 2.05) is 0 Å². The third-order valence-corrected chi connectivity index (χ3v) is 12.9. The number of aromatic nitrogens is 6. The van der Waals surface area contributed by atoms with E-state index in [9.17, 15) is 63.1 Å². The Balaban J connectivity index is 1.13. The number of nitrogen functional groups attached to an aromatic ring is 2. The number of anilines is 2. The molecule has 32 heteroatoms. The highest BCUT2D eigenvalue weighted by molar-refractivity contribution is 7.69. The van der Waals surface area contributed by atoms with Gasteiger partial charge < -0.3 is 60.9 Å². The monoisotopic (exact) mass is 812 g/mol. The van der Waals surface area contributed by atoms with Crippen molar-refractivity contribution in [3.8, 4) is 0 Å². The van der Waals surface area contributed by atoms with Crippen molar-refractivity contribution in [2.75, 3.05) is 24.7 Å². The molecule has 0 spiro atoms. The molecule has 5 heterocycles. The molecule has 12 atom stereocenters. The van der Waals surface area contributed by atoms with E-state index in [4.69, 9.17) is 20.9 Å². The summed E-state index contributed by atoms with van der Waals surface area (Å²) in [7, 11) is -23.9. The highest BCUT2D eigenvalue weighted by atomic mass is 31.3. The molecule has 0 bridgehead atoms. The largest absolute Gasteiger partial charge is 0.490 e.